The highest BCUT2D eigenvalue weighted by Crippen LogP contribution is 2.11. The molecule has 1 aliphatic heterocycles. The van der Waals surface area contributed by atoms with Gasteiger partial charge >= 0.3 is 11.9 Å². The van der Waals surface area contributed by atoms with Crippen LogP contribution in [0.3, 0.4) is 0 Å². The van der Waals surface area contributed by atoms with Gasteiger partial charge in [0.2, 0.25) is 0 Å². The Hall–Kier alpha value is -1.15. The largest absolute Gasteiger partial charge is 0.464 e. The first-order valence-electron chi connectivity index (χ1n) is 7.93. The highest BCUT2D eigenvalue weighted by atomic mass is 127. The molecule has 0 radical (unpaired) electrons. The highest BCUT2D eigenvalue weighted by molar-refractivity contribution is 14.1. The van der Waals surface area contributed by atoms with Gasteiger partial charge in [-0.25, -0.2) is 4.79 Å². The third-order valence-corrected chi connectivity index (χ3v) is 4.47. The van der Waals surface area contributed by atoms with Crippen LogP contribution in [-0.4, -0.2) is 37.2 Å². The van der Waals surface area contributed by atoms with Crippen molar-refractivity contribution in [3.8, 4) is 0 Å². The van der Waals surface area contributed by atoms with Gasteiger partial charge in [0.05, 0.1) is 12.2 Å². The molecule has 1 N–H and O–H groups in total. The predicted octanol–water partition coefficient (Wildman–Crippen LogP) is 2.91. The van der Waals surface area contributed by atoms with E-state index in [4.69, 9.17) is 9.47 Å². The first-order valence-corrected chi connectivity index (χ1v) is 9.00. The summed E-state index contributed by atoms with van der Waals surface area (Å²) in [4.78, 5) is 23.8. The summed E-state index contributed by atoms with van der Waals surface area (Å²) in [7, 11) is 0. The number of benzene rings is 1. The van der Waals surface area contributed by atoms with Crippen molar-refractivity contribution < 1.29 is 19.1 Å². The monoisotopic (exact) mass is 431 g/mol. The Labute approximate surface area is 150 Å². The molecule has 1 heterocycles. The van der Waals surface area contributed by atoms with E-state index in [2.05, 4.69) is 27.9 Å². The van der Waals surface area contributed by atoms with Crippen LogP contribution in [-0.2, 0) is 14.3 Å². The minimum Gasteiger partial charge on any atom is -0.464 e. The summed E-state index contributed by atoms with van der Waals surface area (Å²) in [5.74, 6) is -0.560. The molecule has 1 saturated heterocycles. The zero-order valence-electron chi connectivity index (χ0n) is 13.2. The molecule has 0 aliphatic carbocycles. The molecule has 0 bridgehead atoms. The van der Waals surface area contributed by atoms with Gasteiger partial charge in [-0.1, -0.05) is 6.42 Å². The van der Waals surface area contributed by atoms with Crippen LogP contribution in [0.1, 0.15) is 43.0 Å². The molecule has 1 aliphatic rings. The van der Waals surface area contributed by atoms with E-state index in [-0.39, 0.29) is 30.7 Å². The molecule has 0 amide bonds. The highest BCUT2D eigenvalue weighted by Gasteiger charge is 2.22. The SMILES string of the molecule is C[C@H](CCOC(=O)C1CCCCN1)OC(=O)c1ccc(I)cc1. The average Bonchev–Trinajstić information content (AvgIpc) is 2.56. The third-order valence-electron chi connectivity index (χ3n) is 3.75. The Morgan fingerprint density at radius 3 is 2.70 bits per heavy atom. The molecule has 0 saturated carbocycles. The Balaban J connectivity index is 1.68. The van der Waals surface area contributed by atoms with E-state index in [1.807, 2.05) is 12.1 Å². The van der Waals surface area contributed by atoms with Crippen LogP contribution < -0.4 is 5.32 Å². The summed E-state index contributed by atoms with van der Waals surface area (Å²) in [5.41, 5.74) is 0.528. The predicted molar refractivity (Wildman–Crippen MR) is 95.3 cm³/mol. The zero-order chi connectivity index (χ0) is 16.7. The quantitative estimate of drug-likeness (QED) is 0.555. The number of hydrogen-bond donors (Lipinski definition) is 1. The van der Waals surface area contributed by atoms with Crippen molar-refractivity contribution in [1.82, 2.24) is 5.32 Å². The third kappa shape index (κ3) is 6.10. The lowest BCUT2D eigenvalue weighted by Crippen LogP contribution is -2.41. The lowest BCUT2D eigenvalue weighted by molar-refractivity contribution is -0.147. The molecule has 2 rings (SSSR count). The normalized spacial score (nSPS) is 19.0. The smallest absolute Gasteiger partial charge is 0.338 e. The number of halogens is 1. The zero-order valence-corrected chi connectivity index (χ0v) is 15.4. The van der Waals surface area contributed by atoms with Gasteiger partial charge in [-0.05, 0) is 73.2 Å². The van der Waals surface area contributed by atoms with Crippen LogP contribution in [0.15, 0.2) is 24.3 Å². The van der Waals surface area contributed by atoms with Gasteiger partial charge in [-0.3, -0.25) is 4.79 Å². The Morgan fingerprint density at radius 2 is 2.04 bits per heavy atom. The fourth-order valence-electron chi connectivity index (χ4n) is 2.37. The van der Waals surface area contributed by atoms with E-state index in [0.29, 0.717) is 12.0 Å². The van der Waals surface area contributed by atoms with Crippen molar-refractivity contribution in [2.75, 3.05) is 13.2 Å². The maximum atomic E-state index is 12.0. The second-order valence-electron chi connectivity index (χ2n) is 5.68. The van der Waals surface area contributed by atoms with E-state index < -0.39 is 0 Å². The molecule has 5 nitrogen and oxygen atoms in total. The molecule has 0 aromatic heterocycles. The van der Waals surface area contributed by atoms with E-state index in [0.717, 1.165) is 29.4 Å². The Morgan fingerprint density at radius 1 is 1.30 bits per heavy atom. The van der Waals surface area contributed by atoms with Gasteiger partial charge in [0.25, 0.3) is 0 Å². The molecular formula is C17H22INO4. The van der Waals surface area contributed by atoms with Crippen LogP contribution >= 0.6 is 22.6 Å². The molecule has 0 spiro atoms. The van der Waals surface area contributed by atoms with Crippen LogP contribution in [0.4, 0.5) is 0 Å². The summed E-state index contributed by atoms with van der Waals surface area (Å²) in [6, 6.07) is 7.02. The first kappa shape index (κ1) is 18.2. The molecule has 2 atom stereocenters. The van der Waals surface area contributed by atoms with Gasteiger partial charge in [0, 0.05) is 9.99 Å². The molecule has 1 unspecified atom stereocenters. The second-order valence-corrected chi connectivity index (χ2v) is 6.93. The fourth-order valence-corrected chi connectivity index (χ4v) is 2.73. The van der Waals surface area contributed by atoms with E-state index >= 15 is 0 Å². The Kier molecular flexibility index (Phi) is 7.29. The molecule has 1 aromatic rings. The number of nitrogens with one attached hydrogen (secondary N) is 1. The van der Waals surface area contributed by atoms with Crippen LogP contribution in [0.25, 0.3) is 0 Å². The summed E-state index contributed by atoms with van der Waals surface area (Å²) in [6.07, 6.45) is 3.19. The van der Waals surface area contributed by atoms with E-state index in [1.54, 1.807) is 19.1 Å². The van der Waals surface area contributed by atoms with Gasteiger partial charge in [0.15, 0.2) is 0 Å². The van der Waals surface area contributed by atoms with Crippen molar-refractivity contribution in [1.29, 1.82) is 0 Å². The van der Waals surface area contributed by atoms with Crippen LogP contribution in [0.2, 0.25) is 0 Å². The second kappa shape index (κ2) is 9.22. The number of ether oxygens (including phenoxy) is 2. The number of piperidine rings is 1. The van der Waals surface area contributed by atoms with E-state index in [1.165, 1.54) is 0 Å². The number of rotatable bonds is 6. The Bertz CT molecular complexity index is 526. The molecule has 1 aromatic carbocycles. The van der Waals surface area contributed by atoms with Crippen LogP contribution in [0, 0.1) is 3.57 Å². The summed E-state index contributed by atoms with van der Waals surface area (Å²) in [5, 5.41) is 3.15. The van der Waals surface area contributed by atoms with Gasteiger partial charge in [0.1, 0.15) is 12.1 Å². The number of hydrogen-bond acceptors (Lipinski definition) is 5. The number of carbonyl (C=O) groups excluding carboxylic acids is 2. The van der Waals surface area contributed by atoms with Gasteiger partial charge in [-0.15, -0.1) is 0 Å². The van der Waals surface area contributed by atoms with Crippen LogP contribution in [0.5, 0.6) is 0 Å². The molecule has 23 heavy (non-hydrogen) atoms. The fraction of sp³-hybridized carbons (Fsp3) is 0.529. The lowest BCUT2D eigenvalue weighted by Gasteiger charge is -2.22. The first-order chi connectivity index (χ1) is 11.1. The van der Waals surface area contributed by atoms with E-state index in [9.17, 15) is 9.59 Å². The van der Waals surface area contributed by atoms with Crippen molar-refractivity contribution in [3.63, 3.8) is 0 Å². The molecule has 6 heteroatoms. The number of esters is 2. The van der Waals surface area contributed by atoms with Gasteiger partial charge in [-0.2, -0.15) is 0 Å². The standard InChI is InChI=1S/C17H22INO4/c1-12(23-16(20)13-5-7-14(18)8-6-13)9-11-22-17(21)15-4-2-3-10-19-15/h5-8,12,15,19H,2-4,9-11H2,1H3/t12-,15?/m1/s1. The summed E-state index contributed by atoms with van der Waals surface area (Å²) < 4.78 is 11.7. The number of carbonyl (C=O) groups is 2. The molecule has 1 fully saturated rings. The maximum Gasteiger partial charge on any atom is 0.338 e. The topological polar surface area (TPSA) is 64.6 Å². The average molecular weight is 431 g/mol. The minimum atomic E-state index is -0.353. The van der Waals surface area contributed by atoms with Crippen molar-refractivity contribution in [2.45, 2.75) is 44.8 Å². The minimum absolute atomic E-state index is 0.187. The molecule has 126 valence electrons. The molecular weight excluding hydrogens is 409 g/mol. The maximum absolute atomic E-state index is 12.0. The van der Waals surface area contributed by atoms with Crippen molar-refractivity contribution in [3.05, 3.63) is 33.4 Å². The summed E-state index contributed by atoms with van der Waals surface area (Å²) in [6.45, 7) is 2.93. The van der Waals surface area contributed by atoms with Crippen molar-refractivity contribution >= 4 is 34.5 Å². The van der Waals surface area contributed by atoms with Crippen molar-refractivity contribution in [2.24, 2.45) is 0 Å². The lowest BCUT2D eigenvalue weighted by atomic mass is 10.1. The summed E-state index contributed by atoms with van der Waals surface area (Å²) >= 11 is 2.18. The van der Waals surface area contributed by atoms with Gasteiger partial charge < -0.3 is 14.8 Å².